The van der Waals surface area contributed by atoms with Crippen LogP contribution in [0.5, 0.6) is 0 Å². The Morgan fingerprint density at radius 3 is 2.20 bits per heavy atom. The summed E-state index contributed by atoms with van der Waals surface area (Å²) in [6.45, 7) is 6.45. The summed E-state index contributed by atoms with van der Waals surface area (Å²) in [7, 11) is 5.66. The minimum atomic E-state index is 1.03. The molecule has 1 nitrogen and oxygen atoms in total. The zero-order valence-corrected chi connectivity index (χ0v) is 7.27. The Kier molecular flexibility index (Phi) is 7.15. The smallest absolute Gasteiger partial charge is 0.182 e. The molecule has 2 heteroatoms. The first kappa shape index (κ1) is 10.0. The largest absolute Gasteiger partial charge is 0.353 e. The molecule has 0 saturated carbocycles. The zero-order valence-electron chi connectivity index (χ0n) is 7.27. The fourth-order valence-corrected chi connectivity index (χ4v) is 0.964. The first-order chi connectivity index (χ1) is 4.81. The molecule has 0 atom stereocenters. The molecule has 10 heavy (non-hydrogen) atoms. The molecule has 0 amide bonds. The molecule has 0 aromatic heterocycles. The van der Waals surface area contributed by atoms with Gasteiger partial charge in [0.1, 0.15) is 0 Å². The van der Waals surface area contributed by atoms with Gasteiger partial charge in [-0.1, -0.05) is 26.7 Å². The fraction of sp³-hybridized carbons (Fsp3) is 1.00. The highest BCUT2D eigenvalue weighted by molar-refractivity contribution is 6.04. The fourth-order valence-electron chi connectivity index (χ4n) is 0.964. The second kappa shape index (κ2) is 7.14. The average molecular weight is 139 g/mol. The Morgan fingerprint density at radius 2 is 1.70 bits per heavy atom. The standard InChI is InChI=1S/C8H18BN/c1-3-5-6-8-10(9)7-4-2/h3-8H2,1-2H3. The van der Waals surface area contributed by atoms with E-state index in [0.29, 0.717) is 0 Å². The normalized spacial score (nSPS) is 10.7. The Bertz CT molecular complexity index is 66.3. The third kappa shape index (κ3) is 6.15. The summed E-state index contributed by atoms with van der Waals surface area (Å²) >= 11 is 0. The Morgan fingerprint density at radius 1 is 1.00 bits per heavy atom. The molecule has 0 aromatic carbocycles. The molecule has 0 N–H and O–H groups in total. The van der Waals surface area contributed by atoms with E-state index < -0.39 is 0 Å². The van der Waals surface area contributed by atoms with E-state index in [0.717, 1.165) is 19.5 Å². The van der Waals surface area contributed by atoms with Gasteiger partial charge >= 0.3 is 0 Å². The average Bonchev–Trinajstić information content (AvgIpc) is 1.89. The number of hydrogen-bond donors (Lipinski definition) is 0. The van der Waals surface area contributed by atoms with Gasteiger partial charge in [-0.25, -0.2) is 0 Å². The van der Waals surface area contributed by atoms with E-state index >= 15 is 0 Å². The monoisotopic (exact) mass is 139 g/mol. The van der Waals surface area contributed by atoms with Crippen molar-refractivity contribution in [1.82, 2.24) is 4.81 Å². The van der Waals surface area contributed by atoms with E-state index in [2.05, 4.69) is 13.8 Å². The minimum absolute atomic E-state index is 1.03. The van der Waals surface area contributed by atoms with Crippen LogP contribution in [-0.4, -0.2) is 25.9 Å². The lowest BCUT2D eigenvalue weighted by Crippen LogP contribution is -2.21. The van der Waals surface area contributed by atoms with Crippen LogP contribution in [0.15, 0.2) is 0 Å². The molecule has 0 rings (SSSR count). The van der Waals surface area contributed by atoms with Crippen LogP contribution in [-0.2, 0) is 0 Å². The van der Waals surface area contributed by atoms with Gasteiger partial charge in [-0.2, -0.15) is 0 Å². The van der Waals surface area contributed by atoms with Crippen LogP contribution in [0.3, 0.4) is 0 Å². The van der Waals surface area contributed by atoms with Gasteiger partial charge in [0.2, 0.25) is 0 Å². The van der Waals surface area contributed by atoms with E-state index in [1.165, 1.54) is 19.3 Å². The lowest BCUT2D eigenvalue weighted by atomic mass is 10.2. The van der Waals surface area contributed by atoms with E-state index in [1.54, 1.807) is 0 Å². The SMILES string of the molecule is [B]N(CCC)CCCCC. The highest BCUT2D eigenvalue weighted by Crippen LogP contribution is 1.95. The molecule has 0 heterocycles. The van der Waals surface area contributed by atoms with Crippen LogP contribution in [0.2, 0.25) is 0 Å². The Labute approximate surface area is 66.2 Å². The molecule has 2 radical (unpaired) electrons. The summed E-state index contributed by atoms with van der Waals surface area (Å²) in [5, 5.41) is 0. The van der Waals surface area contributed by atoms with Gasteiger partial charge in [0, 0.05) is 0 Å². The number of unbranched alkanes of at least 4 members (excludes halogenated alkanes) is 2. The summed E-state index contributed by atoms with van der Waals surface area (Å²) in [4.78, 5) is 1.91. The number of hydrogen-bond acceptors (Lipinski definition) is 1. The molecule has 0 saturated heterocycles. The van der Waals surface area contributed by atoms with Gasteiger partial charge in [0.15, 0.2) is 7.98 Å². The maximum absolute atomic E-state index is 5.66. The van der Waals surface area contributed by atoms with Gasteiger partial charge in [0.25, 0.3) is 0 Å². The van der Waals surface area contributed by atoms with Crippen molar-refractivity contribution >= 4 is 7.98 Å². The van der Waals surface area contributed by atoms with Crippen molar-refractivity contribution in [3.63, 3.8) is 0 Å². The van der Waals surface area contributed by atoms with Gasteiger partial charge in [-0.15, -0.1) is 0 Å². The molecule has 0 unspecified atom stereocenters. The van der Waals surface area contributed by atoms with Gasteiger partial charge in [-0.05, 0) is 25.9 Å². The molecule has 0 aliphatic rings. The summed E-state index contributed by atoms with van der Waals surface area (Å²) < 4.78 is 0. The van der Waals surface area contributed by atoms with Crippen LogP contribution >= 0.6 is 0 Å². The molecule has 58 valence electrons. The third-order valence-corrected chi connectivity index (χ3v) is 1.56. The summed E-state index contributed by atoms with van der Waals surface area (Å²) in [6, 6.07) is 0. The topological polar surface area (TPSA) is 3.24 Å². The molecule has 0 aliphatic carbocycles. The van der Waals surface area contributed by atoms with Crippen LogP contribution in [0.1, 0.15) is 39.5 Å². The van der Waals surface area contributed by atoms with Crippen LogP contribution < -0.4 is 0 Å². The quantitative estimate of drug-likeness (QED) is 0.401. The van der Waals surface area contributed by atoms with Crippen molar-refractivity contribution in [2.24, 2.45) is 0 Å². The predicted octanol–water partition coefficient (Wildman–Crippen LogP) is 1.97. The van der Waals surface area contributed by atoms with E-state index in [9.17, 15) is 0 Å². The van der Waals surface area contributed by atoms with E-state index in [4.69, 9.17) is 7.98 Å². The molecular formula is C8H18BN. The maximum atomic E-state index is 5.66. The van der Waals surface area contributed by atoms with Crippen molar-refractivity contribution in [3.8, 4) is 0 Å². The minimum Gasteiger partial charge on any atom is -0.353 e. The van der Waals surface area contributed by atoms with Gasteiger partial charge in [0.05, 0.1) is 0 Å². The van der Waals surface area contributed by atoms with Crippen LogP contribution in [0, 0.1) is 0 Å². The third-order valence-electron chi connectivity index (χ3n) is 1.56. The molecule has 0 fully saturated rings. The summed E-state index contributed by atoms with van der Waals surface area (Å²) in [5.41, 5.74) is 0. The number of rotatable bonds is 6. The Hall–Kier alpha value is 0.0249. The first-order valence-corrected chi connectivity index (χ1v) is 4.30. The highest BCUT2D eigenvalue weighted by atomic mass is 15.0. The first-order valence-electron chi connectivity index (χ1n) is 4.30. The van der Waals surface area contributed by atoms with Gasteiger partial charge in [-0.3, -0.25) is 0 Å². The van der Waals surface area contributed by atoms with E-state index in [-0.39, 0.29) is 0 Å². The molecule has 0 spiro atoms. The Balaban J connectivity index is 2.97. The van der Waals surface area contributed by atoms with Crippen molar-refractivity contribution < 1.29 is 0 Å². The van der Waals surface area contributed by atoms with Gasteiger partial charge < -0.3 is 4.81 Å². The molecule has 0 bridgehead atoms. The van der Waals surface area contributed by atoms with Crippen molar-refractivity contribution in [2.45, 2.75) is 39.5 Å². The predicted molar refractivity (Wildman–Crippen MR) is 47.1 cm³/mol. The van der Waals surface area contributed by atoms with Crippen molar-refractivity contribution in [2.75, 3.05) is 13.1 Å². The summed E-state index contributed by atoms with van der Waals surface area (Å²) in [6.07, 6.45) is 4.98. The van der Waals surface area contributed by atoms with Crippen LogP contribution in [0.4, 0.5) is 0 Å². The van der Waals surface area contributed by atoms with Crippen molar-refractivity contribution in [1.29, 1.82) is 0 Å². The molecule has 0 aliphatic heterocycles. The van der Waals surface area contributed by atoms with E-state index in [1.807, 2.05) is 4.81 Å². The zero-order chi connectivity index (χ0) is 7.82. The molecular weight excluding hydrogens is 121 g/mol. The number of nitrogens with zero attached hydrogens (tertiary/aromatic N) is 1. The van der Waals surface area contributed by atoms with Crippen molar-refractivity contribution in [3.05, 3.63) is 0 Å². The lowest BCUT2D eigenvalue weighted by Gasteiger charge is -2.14. The maximum Gasteiger partial charge on any atom is 0.182 e. The lowest BCUT2D eigenvalue weighted by molar-refractivity contribution is 0.433. The highest BCUT2D eigenvalue weighted by Gasteiger charge is 1.93. The molecule has 0 aromatic rings. The summed E-state index contributed by atoms with van der Waals surface area (Å²) in [5.74, 6) is 0. The second-order valence-electron chi connectivity index (χ2n) is 2.74. The van der Waals surface area contributed by atoms with Crippen LogP contribution in [0.25, 0.3) is 0 Å². The second-order valence-corrected chi connectivity index (χ2v) is 2.74.